The van der Waals surface area contributed by atoms with E-state index in [0.717, 1.165) is 5.56 Å². The Morgan fingerprint density at radius 1 is 1.40 bits per heavy atom. The third kappa shape index (κ3) is 4.01. The van der Waals surface area contributed by atoms with Gasteiger partial charge in [-0.1, -0.05) is 11.6 Å². The molecule has 0 amide bonds. The summed E-state index contributed by atoms with van der Waals surface area (Å²) in [5.41, 5.74) is 6.40. The van der Waals surface area contributed by atoms with E-state index in [9.17, 15) is 8.78 Å². The molecule has 1 unspecified atom stereocenters. The predicted molar refractivity (Wildman–Crippen MR) is 55.6 cm³/mol. The molecule has 84 valence electrons. The van der Waals surface area contributed by atoms with Gasteiger partial charge in [0.15, 0.2) is 0 Å². The first-order chi connectivity index (χ1) is 6.99. The van der Waals surface area contributed by atoms with Gasteiger partial charge in [-0.25, -0.2) is 8.78 Å². The van der Waals surface area contributed by atoms with E-state index in [4.69, 9.17) is 22.1 Å². The van der Waals surface area contributed by atoms with Crippen LogP contribution in [0.25, 0.3) is 0 Å². The molecule has 0 aliphatic heterocycles. The van der Waals surface area contributed by atoms with Crippen LogP contribution >= 0.6 is 11.6 Å². The first-order valence-corrected chi connectivity index (χ1v) is 4.84. The summed E-state index contributed by atoms with van der Waals surface area (Å²) in [6.45, 7) is 1.14. The molecule has 1 aromatic carbocycles. The lowest BCUT2D eigenvalue weighted by atomic mass is 10.1. The second-order valence-corrected chi connectivity index (χ2v) is 3.65. The lowest BCUT2D eigenvalue weighted by Crippen LogP contribution is -2.09. The van der Waals surface area contributed by atoms with Crippen LogP contribution in [0.15, 0.2) is 18.2 Å². The van der Waals surface area contributed by atoms with Crippen LogP contribution in [0.3, 0.4) is 0 Å². The van der Waals surface area contributed by atoms with E-state index in [2.05, 4.69) is 0 Å². The summed E-state index contributed by atoms with van der Waals surface area (Å²) in [6.07, 6.45) is -2.50. The Balaban J connectivity index is 2.79. The van der Waals surface area contributed by atoms with Crippen LogP contribution in [0.4, 0.5) is 8.78 Å². The third-order valence-corrected chi connectivity index (χ3v) is 2.01. The molecular formula is C10H12ClF2NO. The van der Waals surface area contributed by atoms with Gasteiger partial charge in [-0.3, -0.25) is 0 Å². The number of hydrogen-bond donors (Lipinski definition) is 1. The Labute approximate surface area is 92.0 Å². The largest absolute Gasteiger partial charge is 0.488 e. The zero-order valence-corrected chi connectivity index (χ0v) is 8.97. The first-order valence-electron chi connectivity index (χ1n) is 4.46. The number of ether oxygens (including phenoxy) is 1. The summed E-state index contributed by atoms with van der Waals surface area (Å²) in [5, 5.41) is 0.425. The summed E-state index contributed by atoms with van der Waals surface area (Å²) in [6, 6.07) is 4.56. The van der Waals surface area contributed by atoms with E-state index in [0.29, 0.717) is 10.8 Å². The van der Waals surface area contributed by atoms with Crippen molar-refractivity contribution in [3.63, 3.8) is 0 Å². The van der Waals surface area contributed by atoms with Crippen LogP contribution < -0.4 is 10.5 Å². The molecule has 0 radical (unpaired) electrons. The molecule has 0 bridgehead atoms. The lowest BCUT2D eigenvalue weighted by Gasteiger charge is -2.10. The van der Waals surface area contributed by atoms with Crippen molar-refractivity contribution in [3.05, 3.63) is 28.8 Å². The number of nitrogens with two attached hydrogens (primary N) is 1. The minimum atomic E-state index is -2.50. The standard InChI is InChI=1S/C10H12ClF2NO/c1-6(14)7-2-8(11)4-9(3-7)15-5-10(12)13/h2-4,6,10H,5,14H2,1H3. The first kappa shape index (κ1) is 12.2. The van der Waals surface area contributed by atoms with Crippen LogP contribution in [0.2, 0.25) is 5.02 Å². The average Bonchev–Trinajstić information content (AvgIpc) is 2.13. The van der Waals surface area contributed by atoms with Gasteiger partial charge in [-0.15, -0.1) is 0 Å². The number of benzene rings is 1. The van der Waals surface area contributed by atoms with Gasteiger partial charge in [0.1, 0.15) is 12.4 Å². The van der Waals surface area contributed by atoms with Crippen LogP contribution in [-0.4, -0.2) is 13.0 Å². The van der Waals surface area contributed by atoms with Crippen molar-refractivity contribution < 1.29 is 13.5 Å². The molecular weight excluding hydrogens is 224 g/mol. The second-order valence-electron chi connectivity index (χ2n) is 3.21. The maximum atomic E-state index is 11.9. The average molecular weight is 236 g/mol. The molecule has 0 saturated heterocycles. The Bertz CT molecular complexity index is 331. The van der Waals surface area contributed by atoms with Gasteiger partial charge in [0.2, 0.25) is 0 Å². The fourth-order valence-electron chi connectivity index (χ4n) is 1.09. The molecule has 0 aliphatic rings. The van der Waals surface area contributed by atoms with Crippen molar-refractivity contribution in [2.24, 2.45) is 5.73 Å². The highest BCUT2D eigenvalue weighted by Crippen LogP contribution is 2.24. The summed E-state index contributed by atoms with van der Waals surface area (Å²) < 4.78 is 28.6. The Kier molecular flexibility index (Phi) is 4.29. The zero-order chi connectivity index (χ0) is 11.4. The summed E-state index contributed by atoms with van der Waals surface area (Å²) in [4.78, 5) is 0. The molecule has 1 atom stereocenters. The van der Waals surface area contributed by atoms with E-state index in [1.165, 1.54) is 6.07 Å². The van der Waals surface area contributed by atoms with Gasteiger partial charge in [-0.2, -0.15) is 0 Å². The van der Waals surface area contributed by atoms with Crippen molar-refractivity contribution in [2.45, 2.75) is 19.4 Å². The number of rotatable bonds is 4. The molecule has 5 heteroatoms. The highest BCUT2D eigenvalue weighted by atomic mass is 35.5. The smallest absolute Gasteiger partial charge is 0.272 e. The Morgan fingerprint density at radius 3 is 2.60 bits per heavy atom. The van der Waals surface area contributed by atoms with E-state index in [-0.39, 0.29) is 6.04 Å². The van der Waals surface area contributed by atoms with Gasteiger partial charge in [0, 0.05) is 11.1 Å². The maximum Gasteiger partial charge on any atom is 0.272 e. The molecule has 0 heterocycles. The summed E-state index contributed by atoms with van der Waals surface area (Å²) >= 11 is 5.79. The van der Waals surface area contributed by atoms with Crippen molar-refractivity contribution >= 4 is 11.6 Å². The van der Waals surface area contributed by atoms with Gasteiger partial charge >= 0.3 is 0 Å². The SMILES string of the molecule is CC(N)c1cc(Cl)cc(OCC(F)F)c1. The topological polar surface area (TPSA) is 35.2 Å². The van der Waals surface area contributed by atoms with E-state index in [1.807, 2.05) is 0 Å². The summed E-state index contributed by atoms with van der Waals surface area (Å²) in [5.74, 6) is 0.315. The second kappa shape index (κ2) is 5.28. The van der Waals surface area contributed by atoms with E-state index in [1.54, 1.807) is 19.1 Å². The number of alkyl halides is 2. The summed E-state index contributed by atoms with van der Waals surface area (Å²) in [7, 11) is 0. The Morgan fingerprint density at radius 2 is 2.07 bits per heavy atom. The molecule has 15 heavy (non-hydrogen) atoms. The fraction of sp³-hybridized carbons (Fsp3) is 0.400. The fourth-order valence-corrected chi connectivity index (χ4v) is 1.32. The molecule has 1 aromatic rings. The monoisotopic (exact) mass is 235 g/mol. The zero-order valence-electron chi connectivity index (χ0n) is 8.21. The van der Waals surface area contributed by atoms with E-state index < -0.39 is 13.0 Å². The van der Waals surface area contributed by atoms with Crippen LogP contribution in [0.5, 0.6) is 5.75 Å². The number of hydrogen-bond acceptors (Lipinski definition) is 2. The van der Waals surface area contributed by atoms with Crippen molar-refractivity contribution in [3.8, 4) is 5.75 Å². The van der Waals surface area contributed by atoms with E-state index >= 15 is 0 Å². The highest BCUT2D eigenvalue weighted by molar-refractivity contribution is 6.30. The van der Waals surface area contributed by atoms with Gasteiger partial charge in [0.25, 0.3) is 6.43 Å². The van der Waals surface area contributed by atoms with Gasteiger partial charge in [-0.05, 0) is 30.7 Å². The molecule has 0 aromatic heterocycles. The molecule has 1 rings (SSSR count). The molecule has 2 N–H and O–H groups in total. The molecule has 0 saturated carbocycles. The van der Waals surface area contributed by atoms with Crippen molar-refractivity contribution in [1.82, 2.24) is 0 Å². The number of halogens is 3. The molecule has 0 aliphatic carbocycles. The lowest BCUT2D eigenvalue weighted by molar-refractivity contribution is 0.0818. The quantitative estimate of drug-likeness (QED) is 0.871. The molecule has 2 nitrogen and oxygen atoms in total. The van der Waals surface area contributed by atoms with Gasteiger partial charge in [0.05, 0.1) is 0 Å². The molecule has 0 fully saturated rings. The molecule has 0 spiro atoms. The van der Waals surface area contributed by atoms with Crippen LogP contribution in [0, 0.1) is 0 Å². The minimum Gasteiger partial charge on any atom is -0.488 e. The van der Waals surface area contributed by atoms with Crippen molar-refractivity contribution in [1.29, 1.82) is 0 Å². The maximum absolute atomic E-state index is 11.9. The minimum absolute atomic E-state index is 0.211. The third-order valence-electron chi connectivity index (χ3n) is 1.80. The Hall–Kier alpha value is -0.870. The highest BCUT2D eigenvalue weighted by Gasteiger charge is 2.07. The van der Waals surface area contributed by atoms with Crippen molar-refractivity contribution in [2.75, 3.05) is 6.61 Å². The predicted octanol–water partition coefficient (Wildman–Crippen LogP) is 3.00. The normalized spacial score (nSPS) is 12.9. The van der Waals surface area contributed by atoms with Crippen LogP contribution in [-0.2, 0) is 0 Å². The van der Waals surface area contributed by atoms with Crippen LogP contribution in [0.1, 0.15) is 18.5 Å². The van der Waals surface area contributed by atoms with Gasteiger partial charge < -0.3 is 10.5 Å².